The van der Waals surface area contributed by atoms with E-state index in [1.807, 2.05) is 11.9 Å². The second-order valence-corrected chi connectivity index (χ2v) is 4.90. The van der Waals surface area contributed by atoms with Gasteiger partial charge in [-0.1, -0.05) is 0 Å². The molecule has 108 valence electrons. The predicted molar refractivity (Wildman–Crippen MR) is 72.8 cm³/mol. The van der Waals surface area contributed by atoms with Gasteiger partial charge in [-0.2, -0.15) is 0 Å². The Bertz CT molecular complexity index is 504. The third kappa shape index (κ3) is 2.96. The first-order valence-corrected chi connectivity index (χ1v) is 6.49. The Hall–Kier alpha value is -1.95. The molecule has 2 amide bonds. The lowest BCUT2D eigenvalue weighted by Gasteiger charge is -2.38. The summed E-state index contributed by atoms with van der Waals surface area (Å²) < 4.78 is 12.9. The average Bonchev–Trinajstić information content (AvgIpc) is 2.46. The van der Waals surface area contributed by atoms with Gasteiger partial charge < -0.3 is 15.1 Å². The van der Waals surface area contributed by atoms with Crippen LogP contribution in [0.3, 0.4) is 0 Å². The lowest BCUT2D eigenvalue weighted by Crippen LogP contribution is -2.59. The number of hydrogen-bond acceptors (Lipinski definition) is 3. The summed E-state index contributed by atoms with van der Waals surface area (Å²) in [7, 11) is 3.47. The molecular formula is C14H18FN3O2. The zero-order valence-corrected chi connectivity index (χ0v) is 11.6. The van der Waals surface area contributed by atoms with Crippen LogP contribution in [0.4, 0.5) is 4.39 Å². The molecule has 2 rings (SSSR count). The van der Waals surface area contributed by atoms with E-state index in [1.54, 1.807) is 11.9 Å². The van der Waals surface area contributed by atoms with Crippen LogP contribution >= 0.6 is 0 Å². The number of carbonyl (C=O) groups is 2. The number of likely N-dealkylation sites (N-methyl/N-ethyl adjacent to an activating group) is 2. The number of piperazine rings is 1. The van der Waals surface area contributed by atoms with Crippen LogP contribution in [0.5, 0.6) is 0 Å². The summed E-state index contributed by atoms with van der Waals surface area (Å²) in [6.07, 6.45) is 0. The van der Waals surface area contributed by atoms with Crippen molar-refractivity contribution < 1.29 is 14.0 Å². The highest BCUT2D eigenvalue weighted by molar-refractivity contribution is 5.97. The molecule has 0 bridgehead atoms. The van der Waals surface area contributed by atoms with Crippen molar-refractivity contribution in [3.63, 3.8) is 0 Å². The minimum absolute atomic E-state index is 0.188. The zero-order valence-electron chi connectivity index (χ0n) is 11.6. The standard InChI is InChI=1S/C14H18FN3O2/c1-16-13(19)12-9-17(2)7-8-18(12)14(20)10-3-5-11(15)6-4-10/h3-6,12H,7-9H2,1-2H3,(H,16,19)/t12-/m1/s1. The van der Waals surface area contributed by atoms with Gasteiger partial charge in [-0.15, -0.1) is 0 Å². The van der Waals surface area contributed by atoms with E-state index < -0.39 is 6.04 Å². The van der Waals surface area contributed by atoms with E-state index in [9.17, 15) is 14.0 Å². The van der Waals surface area contributed by atoms with Gasteiger partial charge in [-0.3, -0.25) is 9.59 Å². The molecule has 1 aliphatic rings. The highest BCUT2D eigenvalue weighted by atomic mass is 19.1. The lowest BCUT2D eigenvalue weighted by atomic mass is 10.1. The first-order valence-electron chi connectivity index (χ1n) is 6.49. The van der Waals surface area contributed by atoms with Gasteiger partial charge in [0, 0.05) is 32.2 Å². The monoisotopic (exact) mass is 279 g/mol. The maximum Gasteiger partial charge on any atom is 0.254 e. The van der Waals surface area contributed by atoms with Crippen molar-refractivity contribution >= 4 is 11.8 Å². The van der Waals surface area contributed by atoms with Gasteiger partial charge in [0.25, 0.3) is 5.91 Å². The molecular weight excluding hydrogens is 261 g/mol. The molecule has 6 heteroatoms. The van der Waals surface area contributed by atoms with Gasteiger partial charge in [-0.25, -0.2) is 4.39 Å². The molecule has 0 aromatic heterocycles. The van der Waals surface area contributed by atoms with Crippen molar-refractivity contribution in [1.82, 2.24) is 15.1 Å². The molecule has 5 nitrogen and oxygen atoms in total. The number of amides is 2. The summed E-state index contributed by atoms with van der Waals surface area (Å²) in [5.74, 6) is -0.818. The van der Waals surface area contributed by atoms with E-state index in [1.165, 1.54) is 24.3 Å². The molecule has 0 spiro atoms. The quantitative estimate of drug-likeness (QED) is 0.849. The molecule has 0 aliphatic carbocycles. The summed E-state index contributed by atoms with van der Waals surface area (Å²) in [5, 5.41) is 2.58. The molecule has 0 unspecified atom stereocenters. The minimum Gasteiger partial charge on any atom is -0.357 e. The second kappa shape index (κ2) is 6.00. The zero-order chi connectivity index (χ0) is 14.7. The smallest absolute Gasteiger partial charge is 0.254 e. The Balaban J connectivity index is 2.21. The van der Waals surface area contributed by atoms with Crippen LogP contribution in [0.25, 0.3) is 0 Å². The number of halogens is 1. The fourth-order valence-electron chi connectivity index (χ4n) is 2.31. The second-order valence-electron chi connectivity index (χ2n) is 4.90. The van der Waals surface area contributed by atoms with Gasteiger partial charge in [-0.05, 0) is 31.3 Å². The third-order valence-corrected chi connectivity index (χ3v) is 3.48. The molecule has 1 atom stereocenters. The van der Waals surface area contributed by atoms with Gasteiger partial charge in [0.1, 0.15) is 11.9 Å². The summed E-state index contributed by atoms with van der Waals surface area (Å²) in [4.78, 5) is 27.9. The largest absolute Gasteiger partial charge is 0.357 e. The fourth-order valence-corrected chi connectivity index (χ4v) is 2.31. The number of hydrogen-bond donors (Lipinski definition) is 1. The predicted octanol–water partition coefficient (Wildman–Crippen LogP) is 0.328. The first kappa shape index (κ1) is 14.5. The van der Waals surface area contributed by atoms with Crippen LogP contribution in [-0.4, -0.2) is 61.4 Å². The molecule has 1 aliphatic heterocycles. The van der Waals surface area contributed by atoms with E-state index in [0.29, 0.717) is 25.2 Å². The summed E-state index contributed by atoms with van der Waals surface area (Å²) >= 11 is 0. The van der Waals surface area contributed by atoms with Crippen molar-refractivity contribution in [2.45, 2.75) is 6.04 Å². The Morgan fingerprint density at radius 3 is 2.50 bits per heavy atom. The number of benzene rings is 1. The topological polar surface area (TPSA) is 52.7 Å². The number of nitrogens with zero attached hydrogens (tertiary/aromatic N) is 2. The van der Waals surface area contributed by atoms with Crippen LogP contribution < -0.4 is 5.32 Å². The first-order chi connectivity index (χ1) is 9.52. The van der Waals surface area contributed by atoms with Crippen molar-refractivity contribution in [2.75, 3.05) is 33.7 Å². The van der Waals surface area contributed by atoms with E-state index in [0.717, 1.165) is 0 Å². The molecule has 1 heterocycles. The van der Waals surface area contributed by atoms with Crippen molar-refractivity contribution in [1.29, 1.82) is 0 Å². The SMILES string of the molecule is CNC(=O)[C@H]1CN(C)CCN1C(=O)c1ccc(F)cc1. The average molecular weight is 279 g/mol. The van der Waals surface area contributed by atoms with Crippen molar-refractivity contribution in [2.24, 2.45) is 0 Å². The normalized spacial score (nSPS) is 19.8. The number of carbonyl (C=O) groups excluding carboxylic acids is 2. The van der Waals surface area contributed by atoms with Crippen molar-refractivity contribution in [3.8, 4) is 0 Å². The van der Waals surface area contributed by atoms with Gasteiger partial charge >= 0.3 is 0 Å². The third-order valence-electron chi connectivity index (χ3n) is 3.48. The summed E-state index contributed by atoms with van der Waals surface area (Å²) in [6.45, 7) is 1.68. The van der Waals surface area contributed by atoms with Crippen LogP contribution in [-0.2, 0) is 4.79 Å². The van der Waals surface area contributed by atoms with E-state index >= 15 is 0 Å². The Labute approximate surface area is 117 Å². The van der Waals surface area contributed by atoms with Crippen LogP contribution in [0.15, 0.2) is 24.3 Å². The molecule has 1 saturated heterocycles. The molecule has 1 N–H and O–H groups in total. The summed E-state index contributed by atoms with van der Waals surface area (Å²) in [6, 6.07) is 4.86. The highest BCUT2D eigenvalue weighted by Crippen LogP contribution is 2.14. The molecule has 1 aromatic carbocycles. The maximum absolute atomic E-state index is 12.9. The number of rotatable bonds is 2. The summed E-state index contributed by atoms with van der Waals surface area (Å²) in [5.41, 5.74) is 0.393. The molecule has 1 aromatic rings. The maximum atomic E-state index is 12.9. The molecule has 20 heavy (non-hydrogen) atoms. The molecule has 0 saturated carbocycles. The van der Waals surface area contributed by atoms with Gasteiger partial charge in [0.15, 0.2) is 0 Å². The van der Waals surface area contributed by atoms with Crippen LogP contribution in [0.2, 0.25) is 0 Å². The van der Waals surface area contributed by atoms with Crippen LogP contribution in [0, 0.1) is 5.82 Å². The van der Waals surface area contributed by atoms with E-state index in [2.05, 4.69) is 5.32 Å². The molecule has 1 fully saturated rings. The van der Waals surface area contributed by atoms with Crippen molar-refractivity contribution in [3.05, 3.63) is 35.6 Å². The number of nitrogens with one attached hydrogen (secondary N) is 1. The van der Waals surface area contributed by atoms with Crippen LogP contribution in [0.1, 0.15) is 10.4 Å². The lowest BCUT2D eigenvalue weighted by molar-refractivity contribution is -0.126. The van der Waals surface area contributed by atoms with Gasteiger partial charge in [0.05, 0.1) is 0 Å². The fraction of sp³-hybridized carbons (Fsp3) is 0.429. The van der Waals surface area contributed by atoms with E-state index in [4.69, 9.17) is 0 Å². The molecule has 0 radical (unpaired) electrons. The Morgan fingerprint density at radius 2 is 1.90 bits per heavy atom. The minimum atomic E-state index is -0.517. The van der Waals surface area contributed by atoms with E-state index in [-0.39, 0.29) is 17.6 Å². The van der Waals surface area contributed by atoms with Gasteiger partial charge in [0.2, 0.25) is 5.91 Å². The Morgan fingerprint density at radius 1 is 1.25 bits per heavy atom. The Kier molecular flexibility index (Phi) is 4.34. The highest BCUT2D eigenvalue weighted by Gasteiger charge is 2.34.